The summed E-state index contributed by atoms with van der Waals surface area (Å²) in [4.78, 5) is 65.8. The van der Waals surface area contributed by atoms with Crippen molar-refractivity contribution in [3.05, 3.63) is 84.2 Å². The summed E-state index contributed by atoms with van der Waals surface area (Å²) in [5, 5.41) is 39.3. The zero-order chi connectivity index (χ0) is 33.9. The first kappa shape index (κ1) is 34.1. The fourth-order valence-corrected chi connectivity index (χ4v) is 4.83. The number of aliphatic carboxylic acids is 4. The Balaban J connectivity index is 1.77. The molecular weight excluding hydrogens is 628 g/mol. The van der Waals surface area contributed by atoms with E-state index in [0.29, 0.717) is 39.9 Å². The summed E-state index contributed by atoms with van der Waals surface area (Å²) >= 11 is 4.70. The highest BCUT2D eigenvalue weighted by molar-refractivity contribution is 7.78. The van der Waals surface area contributed by atoms with E-state index >= 15 is 0 Å². The lowest BCUT2D eigenvalue weighted by Crippen LogP contribution is -2.34. The van der Waals surface area contributed by atoms with E-state index in [9.17, 15) is 39.6 Å². The van der Waals surface area contributed by atoms with Gasteiger partial charge in [-0.2, -0.15) is 4.99 Å². The minimum atomic E-state index is -1.17. The minimum Gasteiger partial charge on any atom is -0.480 e. The van der Waals surface area contributed by atoms with Crippen molar-refractivity contribution in [1.82, 2.24) is 24.8 Å². The summed E-state index contributed by atoms with van der Waals surface area (Å²) < 4.78 is 0. The molecule has 0 spiro atoms. The van der Waals surface area contributed by atoms with Crippen molar-refractivity contribution in [3.63, 3.8) is 0 Å². The van der Waals surface area contributed by atoms with Gasteiger partial charge in [-0.05, 0) is 71.9 Å². The molecule has 0 saturated carbocycles. The van der Waals surface area contributed by atoms with Gasteiger partial charge in [0.2, 0.25) is 0 Å². The molecule has 4 rings (SSSR count). The predicted molar refractivity (Wildman–Crippen MR) is 172 cm³/mol. The second kappa shape index (κ2) is 16.0. The Morgan fingerprint density at radius 1 is 0.596 bits per heavy atom. The third-order valence-electron chi connectivity index (χ3n) is 6.55. The van der Waals surface area contributed by atoms with Crippen molar-refractivity contribution in [2.24, 2.45) is 4.99 Å². The Bertz CT molecular complexity index is 1710. The molecule has 0 fully saturated rings. The first-order chi connectivity index (χ1) is 22.5. The van der Waals surface area contributed by atoms with Gasteiger partial charge in [0.15, 0.2) is 0 Å². The fourth-order valence-electron chi connectivity index (χ4n) is 4.72. The van der Waals surface area contributed by atoms with Crippen molar-refractivity contribution >= 4 is 46.9 Å². The number of thiocarbonyl (C=S) groups is 1. The molecular formula is C32H28N6O8S. The Morgan fingerprint density at radius 2 is 1.02 bits per heavy atom. The molecule has 0 aliphatic carbocycles. The lowest BCUT2D eigenvalue weighted by molar-refractivity contribution is -0.144. The average Bonchev–Trinajstić information content (AvgIpc) is 3.00. The van der Waals surface area contributed by atoms with E-state index in [0.717, 1.165) is 11.1 Å². The van der Waals surface area contributed by atoms with Gasteiger partial charge in [-0.1, -0.05) is 24.3 Å². The number of hydrogen-bond donors (Lipinski definition) is 4. The molecule has 0 bridgehead atoms. The van der Waals surface area contributed by atoms with Gasteiger partial charge in [0.05, 0.1) is 71.2 Å². The number of aliphatic imine (C=N–C) groups is 1. The summed E-state index contributed by atoms with van der Waals surface area (Å²) in [5.41, 5.74) is 4.75. The van der Waals surface area contributed by atoms with Crippen LogP contribution in [0, 0.1) is 0 Å². The van der Waals surface area contributed by atoms with Gasteiger partial charge in [-0.25, -0.2) is 15.0 Å². The van der Waals surface area contributed by atoms with Crippen LogP contribution in [0.25, 0.3) is 33.9 Å². The number of nitrogens with zero attached hydrogens (tertiary/aromatic N) is 6. The molecule has 0 radical (unpaired) electrons. The van der Waals surface area contributed by atoms with E-state index < -0.39 is 50.1 Å². The molecule has 3 heterocycles. The number of isothiocyanates is 1. The van der Waals surface area contributed by atoms with Gasteiger partial charge < -0.3 is 20.4 Å². The van der Waals surface area contributed by atoms with E-state index in [1.54, 1.807) is 48.5 Å². The summed E-state index contributed by atoms with van der Waals surface area (Å²) in [6, 6.07) is 21.0. The van der Waals surface area contributed by atoms with E-state index in [-0.39, 0.29) is 13.1 Å². The molecule has 0 aliphatic rings. The molecule has 0 atom stereocenters. The van der Waals surface area contributed by atoms with Crippen LogP contribution in [0.15, 0.2) is 77.8 Å². The molecule has 3 aromatic heterocycles. The number of carbonyl (C=O) groups is 4. The van der Waals surface area contributed by atoms with Crippen molar-refractivity contribution < 1.29 is 39.6 Å². The zero-order valence-corrected chi connectivity index (χ0v) is 25.5. The van der Waals surface area contributed by atoms with Gasteiger partial charge in [0.25, 0.3) is 0 Å². The number of aromatic nitrogens is 3. The number of carboxylic acid groups (broad SMARTS) is 4. The van der Waals surface area contributed by atoms with Crippen LogP contribution in [-0.2, 0) is 32.3 Å². The van der Waals surface area contributed by atoms with Gasteiger partial charge in [0.1, 0.15) is 0 Å². The van der Waals surface area contributed by atoms with Crippen LogP contribution in [0.3, 0.4) is 0 Å². The van der Waals surface area contributed by atoms with Crippen LogP contribution in [0.4, 0.5) is 5.69 Å². The van der Waals surface area contributed by atoms with Crippen molar-refractivity contribution in [2.45, 2.75) is 13.1 Å². The largest absolute Gasteiger partial charge is 0.480 e. The SMILES string of the molecule is O=C(O)CN(CC(=O)O)Cc1cccc(-c2cc(-c3ccc(N=C=S)cc3)cc(-c3cccc(CN(CC(=O)O)CC(=O)O)n3)n2)n1. The molecule has 240 valence electrons. The number of carboxylic acids is 4. The van der Waals surface area contributed by atoms with Crippen LogP contribution in [-0.4, -0.2) is 100 Å². The summed E-state index contributed by atoms with van der Waals surface area (Å²) in [6.07, 6.45) is 0. The molecule has 14 nitrogen and oxygen atoms in total. The van der Waals surface area contributed by atoms with Crippen LogP contribution in [0.1, 0.15) is 11.4 Å². The molecule has 47 heavy (non-hydrogen) atoms. The van der Waals surface area contributed by atoms with E-state index in [1.807, 2.05) is 24.3 Å². The predicted octanol–water partition coefficient (Wildman–Crippen LogP) is 3.55. The molecule has 1 aromatic carbocycles. The van der Waals surface area contributed by atoms with Crippen molar-refractivity contribution in [1.29, 1.82) is 0 Å². The maximum absolute atomic E-state index is 11.3. The Labute approximate surface area is 273 Å². The standard InChI is InChI=1S/C32H28N6O8S/c39-29(40)15-37(16-30(41)42)13-23-3-1-5-25(34-23)27-11-21(20-7-9-22(10-8-20)33-19-47)12-28(36-27)26-6-2-4-24(35-26)14-38(17-31(43)44)18-32(45)46/h1-12H,13-18H2,(H,39,40)(H,41,42)(H,43,44)(H,45,46). The highest BCUT2D eigenvalue weighted by Crippen LogP contribution is 2.30. The molecule has 0 aliphatic heterocycles. The molecule has 0 saturated heterocycles. The van der Waals surface area contributed by atoms with Crippen LogP contribution < -0.4 is 0 Å². The summed E-state index contributed by atoms with van der Waals surface area (Å²) in [7, 11) is 0. The lowest BCUT2D eigenvalue weighted by atomic mass is 10.0. The van der Waals surface area contributed by atoms with Crippen LogP contribution in [0.2, 0.25) is 0 Å². The lowest BCUT2D eigenvalue weighted by Gasteiger charge is -2.18. The van der Waals surface area contributed by atoms with Crippen molar-refractivity contribution in [2.75, 3.05) is 26.2 Å². The third-order valence-corrected chi connectivity index (χ3v) is 6.64. The first-order valence-corrected chi connectivity index (χ1v) is 14.3. The molecule has 4 N–H and O–H groups in total. The topological polar surface area (TPSA) is 207 Å². The second-order valence-electron chi connectivity index (χ2n) is 10.3. The normalized spacial score (nSPS) is 10.9. The monoisotopic (exact) mass is 656 g/mol. The Kier molecular flexibility index (Phi) is 11.6. The number of benzene rings is 1. The molecule has 0 unspecified atom stereocenters. The van der Waals surface area contributed by atoms with E-state index in [4.69, 9.17) is 17.2 Å². The first-order valence-electron chi connectivity index (χ1n) is 13.9. The maximum atomic E-state index is 11.3. The van der Waals surface area contributed by atoms with Gasteiger partial charge in [-0.3, -0.25) is 29.0 Å². The van der Waals surface area contributed by atoms with E-state index in [2.05, 4.69) is 20.1 Å². The minimum absolute atomic E-state index is 0.0341. The fraction of sp³-hybridized carbons (Fsp3) is 0.188. The maximum Gasteiger partial charge on any atom is 0.317 e. The quantitative estimate of drug-likeness (QED) is 0.101. The van der Waals surface area contributed by atoms with Gasteiger partial charge in [-0.15, -0.1) is 0 Å². The van der Waals surface area contributed by atoms with E-state index in [1.165, 1.54) is 9.80 Å². The zero-order valence-electron chi connectivity index (χ0n) is 24.7. The smallest absolute Gasteiger partial charge is 0.317 e. The third kappa shape index (κ3) is 10.4. The molecule has 0 amide bonds. The number of hydrogen-bond acceptors (Lipinski definition) is 11. The molecule has 4 aromatic rings. The van der Waals surface area contributed by atoms with Gasteiger partial charge >= 0.3 is 23.9 Å². The van der Waals surface area contributed by atoms with Gasteiger partial charge in [0, 0.05) is 13.1 Å². The number of rotatable bonds is 16. The highest BCUT2D eigenvalue weighted by Gasteiger charge is 2.18. The second-order valence-corrected chi connectivity index (χ2v) is 10.5. The van der Waals surface area contributed by atoms with Crippen LogP contribution >= 0.6 is 12.2 Å². The summed E-state index contributed by atoms with van der Waals surface area (Å²) in [5.74, 6) is -4.69. The molecule has 15 heteroatoms. The van der Waals surface area contributed by atoms with Crippen molar-refractivity contribution in [3.8, 4) is 33.9 Å². The van der Waals surface area contributed by atoms with Crippen LogP contribution in [0.5, 0.6) is 0 Å². The summed E-state index contributed by atoms with van der Waals surface area (Å²) in [6.45, 7) is -2.02. The number of pyridine rings is 3. The Hall–Kier alpha value is -5.73. The Morgan fingerprint density at radius 3 is 1.40 bits per heavy atom. The average molecular weight is 657 g/mol. The highest BCUT2D eigenvalue weighted by atomic mass is 32.1.